The van der Waals surface area contributed by atoms with Crippen LogP contribution in [-0.2, 0) is 19.5 Å². The lowest BCUT2D eigenvalue weighted by Gasteiger charge is -2.27. The van der Waals surface area contributed by atoms with Crippen LogP contribution >= 0.6 is 11.6 Å². The highest BCUT2D eigenvalue weighted by Gasteiger charge is 2.31. The second kappa shape index (κ2) is 9.86. The third kappa shape index (κ3) is 4.42. The summed E-state index contributed by atoms with van der Waals surface area (Å²) in [6, 6.07) is 9.98. The van der Waals surface area contributed by atoms with Crippen LogP contribution in [0.3, 0.4) is 0 Å². The summed E-state index contributed by atoms with van der Waals surface area (Å²) in [5.41, 5.74) is 1.55. The lowest BCUT2D eigenvalue weighted by molar-refractivity contribution is 0.0602. The van der Waals surface area contributed by atoms with Crippen molar-refractivity contribution in [2.45, 2.75) is 4.90 Å². The van der Waals surface area contributed by atoms with E-state index in [1.165, 1.54) is 30.1 Å². The van der Waals surface area contributed by atoms with E-state index in [2.05, 4.69) is 15.3 Å². The second-order valence-electron chi connectivity index (χ2n) is 7.86. The van der Waals surface area contributed by atoms with Crippen LogP contribution in [0.4, 0.5) is 11.4 Å². The number of methoxy groups -OCH3 is 1. The summed E-state index contributed by atoms with van der Waals surface area (Å²) in [5, 5.41) is 4.03. The molecule has 2 aromatic carbocycles. The fourth-order valence-corrected chi connectivity index (χ4v) is 5.73. The summed E-state index contributed by atoms with van der Waals surface area (Å²) < 4.78 is 44.5. The number of hydrogen-bond acceptors (Lipinski definition) is 9. The largest absolute Gasteiger partial charge is 0.465 e. The minimum absolute atomic E-state index is 0.0588. The number of morpholine rings is 1. The number of anilines is 2. The second-order valence-corrected chi connectivity index (χ2v) is 10.2. The van der Waals surface area contributed by atoms with Gasteiger partial charge in [0.15, 0.2) is 0 Å². The number of nitrogens with one attached hydrogen (secondary N) is 1. The van der Waals surface area contributed by atoms with Gasteiger partial charge < -0.3 is 19.2 Å². The Morgan fingerprint density at radius 1 is 1.17 bits per heavy atom. The number of sulfonamides is 1. The van der Waals surface area contributed by atoms with Crippen molar-refractivity contribution in [1.29, 1.82) is 0 Å². The Kier molecular flexibility index (Phi) is 6.63. The molecule has 10 nitrogen and oxygen atoms in total. The van der Waals surface area contributed by atoms with Crippen molar-refractivity contribution in [2.75, 3.05) is 38.7 Å². The molecule has 186 valence electrons. The van der Waals surface area contributed by atoms with Crippen molar-refractivity contribution in [3.8, 4) is 11.5 Å². The van der Waals surface area contributed by atoms with Gasteiger partial charge in [-0.25, -0.2) is 18.2 Å². The molecule has 3 heterocycles. The summed E-state index contributed by atoms with van der Waals surface area (Å²) >= 11 is 6.28. The van der Waals surface area contributed by atoms with Gasteiger partial charge in [-0.2, -0.15) is 4.31 Å². The van der Waals surface area contributed by atoms with Crippen molar-refractivity contribution in [3.63, 3.8) is 0 Å². The topological polar surface area (TPSA) is 124 Å². The smallest absolute Gasteiger partial charge is 0.340 e. The van der Waals surface area contributed by atoms with Gasteiger partial charge in [-0.05, 0) is 30.3 Å². The van der Waals surface area contributed by atoms with Crippen molar-refractivity contribution in [1.82, 2.24) is 14.3 Å². The first-order valence-electron chi connectivity index (χ1n) is 10.9. The molecule has 0 bridgehead atoms. The van der Waals surface area contributed by atoms with Gasteiger partial charge in [0.05, 0.1) is 54.5 Å². The minimum atomic E-state index is -3.97. The van der Waals surface area contributed by atoms with Gasteiger partial charge >= 0.3 is 5.97 Å². The van der Waals surface area contributed by atoms with E-state index >= 15 is 0 Å². The summed E-state index contributed by atoms with van der Waals surface area (Å²) in [7, 11) is -2.71. The van der Waals surface area contributed by atoms with Crippen molar-refractivity contribution in [3.05, 3.63) is 65.6 Å². The summed E-state index contributed by atoms with van der Waals surface area (Å²) in [6.45, 7) is 1.00. The first kappa shape index (κ1) is 24.2. The average Bonchev–Trinajstić information content (AvgIpc) is 3.44. The molecule has 5 rings (SSSR count). The molecule has 0 aliphatic carbocycles. The molecule has 1 saturated heterocycles. The van der Waals surface area contributed by atoms with E-state index in [1.54, 1.807) is 36.4 Å². The van der Waals surface area contributed by atoms with E-state index in [0.717, 1.165) is 0 Å². The molecule has 2 aromatic heterocycles. The highest BCUT2D eigenvalue weighted by molar-refractivity contribution is 7.89. The number of rotatable bonds is 6. The third-order valence-electron chi connectivity index (χ3n) is 5.76. The molecule has 1 fully saturated rings. The van der Waals surface area contributed by atoms with E-state index in [0.29, 0.717) is 40.4 Å². The average molecular weight is 529 g/mol. The summed E-state index contributed by atoms with van der Waals surface area (Å²) in [4.78, 5) is 21.3. The van der Waals surface area contributed by atoms with Crippen LogP contribution in [-0.4, -0.2) is 62.1 Å². The Bertz CT molecular complexity index is 1540. The maximum Gasteiger partial charge on any atom is 0.340 e. The maximum atomic E-state index is 13.7. The lowest BCUT2D eigenvalue weighted by Crippen LogP contribution is -2.40. The number of carbonyl (C=O) groups excluding carboxylic acids is 1. The number of esters is 1. The Balaban J connectivity index is 1.73. The van der Waals surface area contributed by atoms with Gasteiger partial charge in [0, 0.05) is 29.7 Å². The number of hydrogen-bond donors (Lipinski definition) is 1. The predicted octanol–water partition coefficient (Wildman–Crippen LogP) is 4.09. The molecule has 0 radical (unpaired) electrons. The first-order chi connectivity index (χ1) is 17.4. The van der Waals surface area contributed by atoms with E-state index < -0.39 is 16.0 Å². The van der Waals surface area contributed by atoms with E-state index in [9.17, 15) is 13.2 Å². The quantitative estimate of drug-likeness (QED) is 0.368. The highest BCUT2D eigenvalue weighted by atomic mass is 35.5. The predicted molar refractivity (Wildman–Crippen MR) is 133 cm³/mol. The fourth-order valence-electron chi connectivity index (χ4n) is 4.04. The maximum absolute atomic E-state index is 13.7. The number of fused-ring (bicyclic) bond motifs is 1. The van der Waals surface area contributed by atoms with Crippen molar-refractivity contribution >= 4 is 49.9 Å². The molecule has 1 aliphatic rings. The Morgan fingerprint density at radius 2 is 1.97 bits per heavy atom. The van der Waals surface area contributed by atoms with Crippen LogP contribution < -0.4 is 5.32 Å². The normalized spacial score (nSPS) is 14.6. The minimum Gasteiger partial charge on any atom is -0.465 e. The first-order valence-corrected chi connectivity index (χ1v) is 12.8. The lowest BCUT2D eigenvalue weighted by atomic mass is 10.0. The van der Waals surface area contributed by atoms with Crippen LogP contribution in [0.1, 0.15) is 10.4 Å². The SMILES string of the molecule is COC(=O)c1c(Nc2c(S(=O)(=O)N3CCOCC3)cnc3ccc(Cl)cc23)cccc1-c1ncco1. The van der Waals surface area contributed by atoms with Gasteiger partial charge in [0.25, 0.3) is 0 Å². The standard InChI is InChI=1S/C24H21ClN4O6S/c1-33-24(30)21-16(23-26-7-10-35-23)3-2-4-19(21)28-22-17-13-15(25)5-6-18(17)27-14-20(22)36(31,32)29-8-11-34-12-9-29/h2-7,10,13-14H,8-9,11-12H2,1H3,(H,27,28). The molecule has 0 unspecified atom stereocenters. The monoisotopic (exact) mass is 528 g/mol. The molecule has 0 spiro atoms. The van der Waals surface area contributed by atoms with Gasteiger partial charge in [0.2, 0.25) is 15.9 Å². The number of halogens is 1. The van der Waals surface area contributed by atoms with Crippen molar-refractivity contribution in [2.24, 2.45) is 0 Å². The van der Waals surface area contributed by atoms with Crippen LogP contribution in [0.25, 0.3) is 22.4 Å². The number of ether oxygens (including phenoxy) is 2. The summed E-state index contributed by atoms with van der Waals surface area (Å²) in [5.74, 6) is -0.442. The zero-order valence-corrected chi connectivity index (χ0v) is 20.7. The Labute approximate surface area is 211 Å². The molecular weight excluding hydrogens is 508 g/mol. The number of oxazole rings is 1. The number of benzene rings is 2. The fraction of sp³-hybridized carbons (Fsp3) is 0.208. The van der Waals surface area contributed by atoms with Gasteiger partial charge in [-0.3, -0.25) is 4.98 Å². The van der Waals surface area contributed by atoms with E-state index in [-0.39, 0.29) is 35.1 Å². The number of pyridine rings is 1. The van der Waals surface area contributed by atoms with Crippen LogP contribution in [0.2, 0.25) is 5.02 Å². The van der Waals surface area contributed by atoms with Crippen LogP contribution in [0.15, 0.2) is 64.4 Å². The molecular formula is C24H21ClN4O6S. The Morgan fingerprint density at radius 3 is 2.69 bits per heavy atom. The molecule has 0 atom stereocenters. The van der Waals surface area contributed by atoms with Crippen LogP contribution in [0.5, 0.6) is 0 Å². The zero-order chi connectivity index (χ0) is 25.3. The molecule has 1 N–H and O–H groups in total. The van der Waals surface area contributed by atoms with Gasteiger partial charge in [-0.15, -0.1) is 0 Å². The molecule has 0 saturated carbocycles. The molecule has 36 heavy (non-hydrogen) atoms. The third-order valence-corrected chi connectivity index (χ3v) is 7.90. The molecule has 4 aromatic rings. The molecule has 12 heteroatoms. The molecule has 0 amide bonds. The summed E-state index contributed by atoms with van der Waals surface area (Å²) in [6.07, 6.45) is 4.16. The number of nitrogens with zero attached hydrogens (tertiary/aromatic N) is 3. The Hall–Kier alpha value is -3.51. The zero-order valence-electron chi connectivity index (χ0n) is 19.1. The van der Waals surface area contributed by atoms with Gasteiger partial charge in [-0.1, -0.05) is 17.7 Å². The van der Waals surface area contributed by atoms with Gasteiger partial charge in [0.1, 0.15) is 11.2 Å². The van der Waals surface area contributed by atoms with E-state index in [1.807, 2.05) is 0 Å². The van der Waals surface area contributed by atoms with E-state index in [4.69, 9.17) is 25.5 Å². The highest BCUT2D eigenvalue weighted by Crippen LogP contribution is 2.38. The van der Waals surface area contributed by atoms with Crippen molar-refractivity contribution < 1.29 is 27.1 Å². The van der Waals surface area contributed by atoms with Crippen LogP contribution in [0, 0.1) is 0 Å². The number of carbonyl (C=O) groups is 1. The number of aromatic nitrogens is 2. The molecule has 1 aliphatic heterocycles.